The maximum Gasteiger partial charge on any atom is 0.328 e. The molecule has 0 atom stereocenters. The van der Waals surface area contributed by atoms with Crippen LogP contribution >= 0.6 is 22.7 Å². The SMILES string of the molecule is Cc1ccc(Oc2nc(Nc3ncc(-c4cccs4)s3)nc(N3CCN(C)CC3)n2)cc1. The van der Waals surface area contributed by atoms with Crippen molar-refractivity contribution in [3.05, 3.63) is 53.5 Å². The molecule has 1 aromatic carbocycles. The predicted octanol–water partition coefficient (Wildman–Crippen LogP) is 4.65. The fourth-order valence-corrected chi connectivity index (χ4v) is 4.90. The number of hydrogen-bond donors (Lipinski definition) is 1. The molecular weight excluding hydrogens is 442 g/mol. The van der Waals surface area contributed by atoms with Gasteiger partial charge in [0.1, 0.15) is 5.75 Å². The van der Waals surface area contributed by atoms with Crippen LogP contribution in [0.2, 0.25) is 0 Å². The van der Waals surface area contributed by atoms with Gasteiger partial charge in [-0.05, 0) is 37.6 Å². The highest BCUT2D eigenvalue weighted by Gasteiger charge is 2.20. The number of anilines is 3. The zero-order chi connectivity index (χ0) is 21.9. The number of aromatic nitrogens is 4. The second-order valence-corrected chi connectivity index (χ2v) is 9.56. The first-order valence-corrected chi connectivity index (χ1v) is 12.0. The maximum atomic E-state index is 5.97. The third-order valence-electron chi connectivity index (χ3n) is 5.11. The summed E-state index contributed by atoms with van der Waals surface area (Å²) in [6.45, 7) is 5.66. The van der Waals surface area contributed by atoms with Crippen molar-refractivity contribution in [3.63, 3.8) is 0 Å². The summed E-state index contributed by atoms with van der Waals surface area (Å²) in [4.78, 5) is 25.0. The van der Waals surface area contributed by atoms with E-state index in [0.29, 0.717) is 17.6 Å². The number of likely N-dealkylation sites (N-methyl/N-ethyl adjacent to an activating group) is 1. The Bertz CT molecular complexity index is 1170. The van der Waals surface area contributed by atoms with Crippen molar-refractivity contribution >= 4 is 39.7 Å². The van der Waals surface area contributed by atoms with Crippen molar-refractivity contribution < 1.29 is 4.74 Å². The molecule has 0 spiro atoms. The summed E-state index contributed by atoms with van der Waals surface area (Å²) in [7, 11) is 2.12. The smallest absolute Gasteiger partial charge is 0.328 e. The van der Waals surface area contributed by atoms with E-state index in [2.05, 4.69) is 53.5 Å². The lowest BCUT2D eigenvalue weighted by molar-refractivity contribution is 0.310. The number of aryl methyl sites for hydroxylation is 1. The minimum atomic E-state index is 0.260. The van der Waals surface area contributed by atoms with Gasteiger partial charge in [-0.3, -0.25) is 5.32 Å². The maximum absolute atomic E-state index is 5.97. The Labute approximate surface area is 194 Å². The highest BCUT2D eigenvalue weighted by Crippen LogP contribution is 2.33. The van der Waals surface area contributed by atoms with E-state index in [0.717, 1.165) is 36.2 Å². The molecule has 1 fully saturated rings. The Hall–Kier alpha value is -3.08. The molecule has 0 radical (unpaired) electrons. The minimum Gasteiger partial charge on any atom is -0.424 e. The Morgan fingerprint density at radius 1 is 0.969 bits per heavy atom. The zero-order valence-electron chi connectivity index (χ0n) is 17.9. The quantitative estimate of drug-likeness (QED) is 0.441. The van der Waals surface area contributed by atoms with E-state index >= 15 is 0 Å². The molecule has 1 N–H and O–H groups in total. The van der Waals surface area contributed by atoms with Crippen LogP contribution in [0.3, 0.4) is 0 Å². The topological polar surface area (TPSA) is 79.3 Å². The van der Waals surface area contributed by atoms with E-state index in [1.54, 1.807) is 22.7 Å². The molecule has 0 aliphatic carbocycles. The second-order valence-electron chi connectivity index (χ2n) is 7.58. The predicted molar refractivity (Wildman–Crippen MR) is 129 cm³/mol. The molecule has 164 valence electrons. The van der Waals surface area contributed by atoms with E-state index in [1.807, 2.05) is 43.5 Å². The van der Waals surface area contributed by atoms with Gasteiger partial charge in [0, 0.05) is 37.3 Å². The van der Waals surface area contributed by atoms with Crippen molar-refractivity contribution in [1.82, 2.24) is 24.8 Å². The van der Waals surface area contributed by atoms with Crippen LogP contribution in [0.25, 0.3) is 9.75 Å². The minimum absolute atomic E-state index is 0.260. The van der Waals surface area contributed by atoms with E-state index in [9.17, 15) is 0 Å². The number of piperazine rings is 1. The normalized spacial score (nSPS) is 14.5. The van der Waals surface area contributed by atoms with Crippen LogP contribution in [0, 0.1) is 6.92 Å². The van der Waals surface area contributed by atoms with Crippen LogP contribution in [0.4, 0.5) is 17.0 Å². The van der Waals surface area contributed by atoms with Crippen molar-refractivity contribution in [1.29, 1.82) is 0 Å². The van der Waals surface area contributed by atoms with Crippen LogP contribution in [0.1, 0.15) is 5.56 Å². The molecule has 5 rings (SSSR count). The summed E-state index contributed by atoms with van der Waals surface area (Å²) >= 11 is 3.26. The number of rotatable bonds is 6. The van der Waals surface area contributed by atoms with Crippen molar-refractivity contribution in [2.45, 2.75) is 6.92 Å². The molecular formula is C22H23N7OS2. The van der Waals surface area contributed by atoms with Crippen LogP contribution in [0.5, 0.6) is 11.8 Å². The molecule has 3 aromatic heterocycles. The van der Waals surface area contributed by atoms with E-state index < -0.39 is 0 Å². The van der Waals surface area contributed by atoms with Gasteiger partial charge >= 0.3 is 6.01 Å². The number of thiazole rings is 1. The molecule has 1 aliphatic rings. The summed E-state index contributed by atoms with van der Waals surface area (Å²) in [6.07, 6.45) is 1.87. The molecule has 4 aromatic rings. The summed E-state index contributed by atoms with van der Waals surface area (Å²) in [5.74, 6) is 1.71. The van der Waals surface area contributed by atoms with Crippen LogP contribution < -0.4 is 15.0 Å². The van der Waals surface area contributed by atoms with Crippen molar-refractivity contribution in [2.24, 2.45) is 0 Å². The van der Waals surface area contributed by atoms with Gasteiger partial charge in [-0.15, -0.1) is 11.3 Å². The van der Waals surface area contributed by atoms with Gasteiger partial charge in [0.05, 0.1) is 4.88 Å². The van der Waals surface area contributed by atoms with E-state index in [-0.39, 0.29) is 6.01 Å². The van der Waals surface area contributed by atoms with Crippen LogP contribution in [0.15, 0.2) is 48.0 Å². The fraction of sp³-hybridized carbons (Fsp3) is 0.273. The zero-order valence-corrected chi connectivity index (χ0v) is 19.5. The van der Waals surface area contributed by atoms with E-state index in [4.69, 9.17) is 4.74 Å². The molecule has 8 nitrogen and oxygen atoms in total. The molecule has 32 heavy (non-hydrogen) atoms. The van der Waals surface area contributed by atoms with Gasteiger partial charge in [-0.1, -0.05) is 35.1 Å². The molecule has 0 unspecified atom stereocenters. The van der Waals surface area contributed by atoms with E-state index in [1.165, 1.54) is 10.4 Å². The number of nitrogens with zero attached hydrogens (tertiary/aromatic N) is 6. The highest BCUT2D eigenvalue weighted by molar-refractivity contribution is 7.23. The first-order valence-electron chi connectivity index (χ1n) is 10.3. The van der Waals surface area contributed by atoms with Gasteiger partial charge in [-0.2, -0.15) is 15.0 Å². The van der Waals surface area contributed by atoms with Crippen molar-refractivity contribution in [2.75, 3.05) is 43.4 Å². The van der Waals surface area contributed by atoms with Gasteiger partial charge in [0.2, 0.25) is 11.9 Å². The fourth-order valence-electron chi connectivity index (χ4n) is 3.27. The summed E-state index contributed by atoms with van der Waals surface area (Å²) in [6, 6.07) is 12.2. The van der Waals surface area contributed by atoms with Gasteiger partial charge in [0.15, 0.2) is 5.13 Å². The third kappa shape index (κ3) is 4.87. The molecule has 4 heterocycles. The first kappa shape index (κ1) is 20.8. The summed E-state index contributed by atoms with van der Waals surface area (Å²) < 4.78 is 5.97. The standard InChI is InChI=1S/C22H23N7OS2/c1-15-5-7-16(8-6-15)30-21-25-19(24-20(27-21)29-11-9-28(2)10-12-29)26-22-23-14-18(32-22)17-4-3-13-31-17/h3-8,13-14H,9-12H2,1-2H3,(H,23,24,25,26,27). The number of nitrogens with one attached hydrogen (secondary N) is 1. The first-order chi connectivity index (χ1) is 15.6. The monoisotopic (exact) mass is 465 g/mol. The second kappa shape index (κ2) is 9.19. The van der Waals surface area contributed by atoms with Crippen LogP contribution in [-0.2, 0) is 0 Å². The average molecular weight is 466 g/mol. The largest absolute Gasteiger partial charge is 0.424 e. The lowest BCUT2D eigenvalue weighted by Gasteiger charge is -2.32. The third-order valence-corrected chi connectivity index (χ3v) is 7.09. The summed E-state index contributed by atoms with van der Waals surface area (Å²) in [5, 5.41) is 6.03. The molecule has 10 heteroatoms. The number of hydrogen-bond acceptors (Lipinski definition) is 10. The van der Waals surface area contributed by atoms with Crippen molar-refractivity contribution in [3.8, 4) is 21.5 Å². The highest BCUT2D eigenvalue weighted by atomic mass is 32.1. The van der Waals surface area contributed by atoms with Gasteiger partial charge in [-0.25, -0.2) is 4.98 Å². The molecule has 0 amide bonds. The average Bonchev–Trinajstić information content (AvgIpc) is 3.48. The Morgan fingerprint density at radius 2 is 1.78 bits per heavy atom. The Morgan fingerprint density at radius 3 is 2.53 bits per heavy atom. The molecule has 0 bridgehead atoms. The number of benzene rings is 1. The lowest BCUT2D eigenvalue weighted by atomic mass is 10.2. The van der Waals surface area contributed by atoms with Gasteiger partial charge in [0.25, 0.3) is 0 Å². The van der Waals surface area contributed by atoms with Crippen LogP contribution in [-0.4, -0.2) is 58.1 Å². The Kier molecular flexibility index (Phi) is 5.97. The number of ether oxygens (including phenoxy) is 1. The Balaban J connectivity index is 1.42. The summed E-state index contributed by atoms with van der Waals surface area (Å²) in [5.41, 5.74) is 1.17. The molecule has 1 saturated heterocycles. The number of thiophene rings is 1. The van der Waals surface area contributed by atoms with Gasteiger partial charge < -0.3 is 14.5 Å². The lowest BCUT2D eigenvalue weighted by Crippen LogP contribution is -2.45. The molecule has 1 aliphatic heterocycles. The molecule has 0 saturated carbocycles.